The number of aliphatic imine (C=N–C) groups is 1. The van der Waals surface area contributed by atoms with Crippen molar-refractivity contribution in [2.75, 3.05) is 40.0 Å². The SMILES string of the molecule is CCOCCNC(=NC)NCC1CCCOC1c1ccc(C)cc1.I. The molecule has 0 saturated carbocycles. The van der Waals surface area contributed by atoms with Gasteiger partial charge in [0.2, 0.25) is 0 Å². The number of halogens is 1. The van der Waals surface area contributed by atoms with Crippen molar-refractivity contribution < 1.29 is 9.47 Å². The third-order valence-electron chi connectivity index (χ3n) is 4.35. The average molecular weight is 461 g/mol. The summed E-state index contributed by atoms with van der Waals surface area (Å²) in [4.78, 5) is 4.28. The highest BCUT2D eigenvalue weighted by molar-refractivity contribution is 14.0. The second-order valence-corrected chi connectivity index (χ2v) is 6.18. The minimum Gasteiger partial charge on any atom is -0.380 e. The van der Waals surface area contributed by atoms with Crippen LogP contribution in [0.4, 0.5) is 0 Å². The first-order chi connectivity index (χ1) is 11.7. The van der Waals surface area contributed by atoms with E-state index in [1.807, 2.05) is 6.92 Å². The van der Waals surface area contributed by atoms with Gasteiger partial charge in [-0.2, -0.15) is 0 Å². The van der Waals surface area contributed by atoms with E-state index in [-0.39, 0.29) is 30.1 Å². The summed E-state index contributed by atoms with van der Waals surface area (Å²) in [5.41, 5.74) is 2.55. The van der Waals surface area contributed by atoms with Gasteiger partial charge in [-0.15, -0.1) is 24.0 Å². The number of hydrogen-bond donors (Lipinski definition) is 2. The standard InChI is InChI=1S/C19H31N3O2.HI/c1-4-23-13-11-21-19(20-3)22-14-17-6-5-12-24-18(17)16-9-7-15(2)8-10-16;/h7-10,17-18H,4-6,11-14H2,1-3H3,(H2,20,21,22);1H. The minimum atomic E-state index is 0. The van der Waals surface area contributed by atoms with Gasteiger partial charge < -0.3 is 20.1 Å². The fourth-order valence-electron chi connectivity index (χ4n) is 3.01. The summed E-state index contributed by atoms with van der Waals surface area (Å²) in [6, 6.07) is 8.69. The second kappa shape index (κ2) is 12.5. The van der Waals surface area contributed by atoms with Crippen LogP contribution in [0.3, 0.4) is 0 Å². The molecule has 1 aliphatic rings. The molecule has 0 aliphatic carbocycles. The average Bonchev–Trinajstić information content (AvgIpc) is 2.62. The van der Waals surface area contributed by atoms with Crippen molar-refractivity contribution in [2.45, 2.75) is 32.8 Å². The fraction of sp³-hybridized carbons (Fsp3) is 0.632. The molecule has 2 unspecified atom stereocenters. The number of rotatable bonds is 7. The summed E-state index contributed by atoms with van der Waals surface area (Å²) in [6.07, 6.45) is 2.44. The highest BCUT2D eigenvalue weighted by Gasteiger charge is 2.27. The maximum Gasteiger partial charge on any atom is 0.191 e. The third-order valence-corrected chi connectivity index (χ3v) is 4.35. The van der Waals surface area contributed by atoms with E-state index in [9.17, 15) is 0 Å². The lowest BCUT2D eigenvalue weighted by atomic mass is 9.89. The van der Waals surface area contributed by atoms with Crippen molar-refractivity contribution in [1.82, 2.24) is 10.6 Å². The van der Waals surface area contributed by atoms with E-state index < -0.39 is 0 Å². The van der Waals surface area contributed by atoms with Crippen molar-refractivity contribution in [3.63, 3.8) is 0 Å². The summed E-state index contributed by atoms with van der Waals surface area (Å²) >= 11 is 0. The van der Waals surface area contributed by atoms with Crippen LogP contribution in [-0.4, -0.2) is 45.9 Å². The Balaban J connectivity index is 0.00000312. The van der Waals surface area contributed by atoms with Crippen LogP contribution in [0.15, 0.2) is 29.3 Å². The molecule has 1 aliphatic heterocycles. The van der Waals surface area contributed by atoms with Gasteiger partial charge >= 0.3 is 0 Å². The molecule has 0 amide bonds. The van der Waals surface area contributed by atoms with Crippen LogP contribution >= 0.6 is 24.0 Å². The number of benzene rings is 1. The van der Waals surface area contributed by atoms with E-state index in [2.05, 4.69) is 46.8 Å². The first-order valence-electron chi connectivity index (χ1n) is 8.95. The van der Waals surface area contributed by atoms with Crippen LogP contribution in [0, 0.1) is 12.8 Å². The molecule has 1 fully saturated rings. The summed E-state index contributed by atoms with van der Waals surface area (Å²) in [5, 5.41) is 6.71. The van der Waals surface area contributed by atoms with Crippen LogP contribution in [0.25, 0.3) is 0 Å². The van der Waals surface area contributed by atoms with Crippen molar-refractivity contribution in [1.29, 1.82) is 0 Å². The molecule has 5 nitrogen and oxygen atoms in total. The molecule has 0 radical (unpaired) electrons. The number of nitrogens with one attached hydrogen (secondary N) is 2. The summed E-state index contributed by atoms with van der Waals surface area (Å²) in [7, 11) is 1.80. The Bertz CT molecular complexity index is 508. The maximum atomic E-state index is 6.08. The van der Waals surface area contributed by atoms with E-state index >= 15 is 0 Å². The summed E-state index contributed by atoms with van der Waals surface area (Å²) in [5.74, 6) is 1.27. The molecular weight excluding hydrogens is 429 g/mol. The lowest BCUT2D eigenvalue weighted by Crippen LogP contribution is -2.42. The van der Waals surface area contributed by atoms with Crippen molar-refractivity contribution in [3.05, 3.63) is 35.4 Å². The molecule has 2 N–H and O–H groups in total. The molecule has 25 heavy (non-hydrogen) atoms. The predicted molar refractivity (Wildman–Crippen MR) is 114 cm³/mol. The number of hydrogen-bond acceptors (Lipinski definition) is 3. The smallest absolute Gasteiger partial charge is 0.191 e. The zero-order valence-electron chi connectivity index (χ0n) is 15.6. The third kappa shape index (κ3) is 7.50. The van der Waals surface area contributed by atoms with Gasteiger partial charge in [0.1, 0.15) is 0 Å². The Morgan fingerprint density at radius 2 is 2.04 bits per heavy atom. The normalized spacial score (nSPS) is 20.7. The van der Waals surface area contributed by atoms with Gasteiger partial charge in [-0.05, 0) is 32.3 Å². The molecule has 6 heteroatoms. The molecule has 0 aromatic heterocycles. The summed E-state index contributed by atoms with van der Waals surface area (Å²) in [6.45, 7) is 8.00. The zero-order chi connectivity index (χ0) is 17.2. The first-order valence-corrected chi connectivity index (χ1v) is 8.95. The number of nitrogens with zero attached hydrogens (tertiary/aromatic N) is 1. The van der Waals surface area contributed by atoms with E-state index in [0.29, 0.717) is 12.5 Å². The van der Waals surface area contributed by atoms with E-state index in [1.165, 1.54) is 17.5 Å². The molecule has 0 spiro atoms. The monoisotopic (exact) mass is 461 g/mol. The molecule has 2 atom stereocenters. The van der Waals surface area contributed by atoms with Crippen molar-refractivity contribution in [3.8, 4) is 0 Å². The lowest BCUT2D eigenvalue weighted by molar-refractivity contribution is -0.0265. The molecule has 1 heterocycles. The first kappa shape index (κ1) is 22.2. The maximum absolute atomic E-state index is 6.08. The Kier molecular flexibility index (Phi) is 11.1. The van der Waals surface area contributed by atoms with Crippen LogP contribution in [0.5, 0.6) is 0 Å². The highest BCUT2D eigenvalue weighted by atomic mass is 127. The van der Waals surface area contributed by atoms with Gasteiger partial charge in [-0.3, -0.25) is 4.99 Å². The molecule has 2 rings (SSSR count). The van der Waals surface area contributed by atoms with Gasteiger partial charge in [-0.25, -0.2) is 0 Å². The van der Waals surface area contributed by atoms with Crippen molar-refractivity contribution >= 4 is 29.9 Å². The highest BCUT2D eigenvalue weighted by Crippen LogP contribution is 2.33. The van der Waals surface area contributed by atoms with E-state index in [1.54, 1.807) is 7.05 Å². The zero-order valence-corrected chi connectivity index (χ0v) is 17.9. The van der Waals surface area contributed by atoms with Gasteiger partial charge in [0.25, 0.3) is 0 Å². The van der Waals surface area contributed by atoms with Crippen LogP contribution in [0.2, 0.25) is 0 Å². The Morgan fingerprint density at radius 1 is 1.28 bits per heavy atom. The second-order valence-electron chi connectivity index (χ2n) is 6.18. The molecule has 1 saturated heterocycles. The minimum absolute atomic E-state index is 0. The Morgan fingerprint density at radius 3 is 2.72 bits per heavy atom. The van der Waals surface area contributed by atoms with Crippen LogP contribution < -0.4 is 10.6 Å². The molecule has 1 aromatic rings. The Labute approximate surface area is 169 Å². The van der Waals surface area contributed by atoms with Gasteiger partial charge in [-0.1, -0.05) is 29.8 Å². The van der Waals surface area contributed by atoms with E-state index in [4.69, 9.17) is 9.47 Å². The lowest BCUT2D eigenvalue weighted by Gasteiger charge is -2.32. The van der Waals surface area contributed by atoms with Gasteiger partial charge in [0.15, 0.2) is 5.96 Å². The fourth-order valence-corrected chi connectivity index (χ4v) is 3.01. The van der Waals surface area contributed by atoms with Crippen LogP contribution in [-0.2, 0) is 9.47 Å². The number of aryl methyl sites for hydroxylation is 1. The number of ether oxygens (including phenoxy) is 2. The molecule has 142 valence electrons. The molecular formula is C19H32IN3O2. The van der Waals surface area contributed by atoms with Gasteiger partial charge in [0, 0.05) is 39.3 Å². The van der Waals surface area contributed by atoms with Crippen molar-refractivity contribution in [2.24, 2.45) is 10.9 Å². The largest absolute Gasteiger partial charge is 0.380 e. The topological polar surface area (TPSA) is 54.9 Å². The Hall–Kier alpha value is -0.860. The summed E-state index contributed by atoms with van der Waals surface area (Å²) < 4.78 is 11.4. The predicted octanol–water partition coefficient (Wildman–Crippen LogP) is 3.28. The van der Waals surface area contributed by atoms with E-state index in [0.717, 1.165) is 38.7 Å². The molecule has 1 aromatic carbocycles. The molecule has 0 bridgehead atoms. The quantitative estimate of drug-likeness (QED) is 0.283. The van der Waals surface area contributed by atoms with Gasteiger partial charge in [0.05, 0.1) is 12.7 Å². The number of guanidine groups is 1. The van der Waals surface area contributed by atoms with Crippen LogP contribution in [0.1, 0.15) is 37.0 Å².